The Bertz CT molecular complexity index is 1520. The number of hydrogen-bond acceptors (Lipinski definition) is 7. The Labute approximate surface area is 242 Å². The molecule has 8 heteroatoms. The average molecular weight is 557 g/mol. The molecule has 2 atom stereocenters. The topological polar surface area (TPSA) is 89.7 Å². The fourth-order valence-electron chi connectivity index (χ4n) is 5.19. The van der Waals surface area contributed by atoms with Crippen LogP contribution in [0, 0.1) is 19.8 Å². The maximum Gasteiger partial charge on any atom is 0.410 e. The number of carbonyl (C=O) groups excluding carboxylic acids is 1. The van der Waals surface area contributed by atoms with Gasteiger partial charge in [-0.2, -0.15) is 0 Å². The molecular formula is C33H40N4O4. The molecule has 2 aromatic carbocycles. The summed E-state index contributed by atoms with van der Waals surface area (Å²) >= 11 is 0. The molecule has 5 rings (SSSR count). The van der Waals surface area contributed by atoms with E-state index in [2.05, 4.69) is 40.4 Å². The van der Waals surface area contributed by atoms with Crippen molar-refractivity contribution in [3.8, 4) is 17.0 Å². The lowest BCUT2D eigenvalue weighted by Crippen LogP contribution is -2.44. The molecule has 0 aliphatic carbocycles. The standard InChI is InChI=1S/C33H40N4O4/c1-21-19-40-30-13-12-26(16-28(21)30)29-17-31(36-23(3)35-29)34-22(2)25-10-7-11-27(15-25)39-20-24-9-8-14-37(18-24)32(38)41-33(4,5)6/h7,10-13,15-17,19,22,24H,8-9,14,18,20H2,1-6H3,(H,34,35,36). The normalized spacial score (nSPS) is 16.4. The zero-order chi connectivity index (χ0) is 29.1. The Hall–Kier alpha value is -4.07. The summed E-state index contributed by atoms with van der Waals surface area (Å²) in [6.45, 7) is 13.7. The highest BCUT2D eigenvalue weighted by Crippen LogP contribution is 2.29. The van der Waals surface area contributed by atoms with E-state index in [9.17, 15) is 4.79 Å². The molecule has 1 N–H and O–H groups in total. The summed E-state index contributed by atoms with van der Waals surface area (Å²) in [6.07, 6.45) is 3.51. The van der Waals surface area contributed by atoms with Crippen LogP contribution in [-0.2, 0) is 4.74 Å². The van der Waals surface area contributed by atoms with Gasteiger partial charge in [-0.25, -0.2) is 14.8 Å². The monoisotopic (exact) mass is 556 g/mol. The quantitative estimate of drug-likeness (QED) is 0.249. The van der Waals surface area contributed by atoms with Gasteiger partial charge >= 0.3 is 6.09 Å². The van der Waals surface area contributed by atoms with Crippen LogP contribution in [0.25, 0.3) is 22.2 Å². The van der Waals surface area contributed by atoms with Crippen molar-refractivity contribution >= 4 is 22.9 Å². The molecule has 1 amide bonds. The molecule has 216 valence electrons. The maximum absolute atomic E-state index is 12.5. The van der Waals surface area contributed by atoms with E-state index in [1.54, 1.807) is 11.2 Å². The van der Waals surface area contributed by atoms with Gasteiger partial charge in [0.25, 0.3) is 0 Å². The zero-order valence-corrected chi connectivity index (χ0v) is 24.9. The number of fused-ring (bicyclic) bond motifs is 1. The van der Waals surface area contributed by atoms with E-state index in [1.165, 1.54) is 0 Å². The Morgan fingerprint density at radius 2 is 1.98 bits per heavy atom. The van der Waals surface area contributed by atoms with Gasteiger partial charge in [0.2, 0.25) is 0 Å². The molecule has 1 fully saturated rings. The summed E-state index contributed by atoms with van der Waals surface area (Å²) in [5, 5.41) is 4.63. The molecule has 1 aliphatic rings. The van der Waals surface area contributed by atoms with Crippen LogP contribution in [0.1, 0.15) is 63.5 Å². The zero-order valence-electron chi connectivity index (χ0n) is 24.9. The first-order chi connectivity index (χ1) is 19.5. The third kappa shape index (κ3) is 7.17. The lowest BCUT2D eigenvalue weighted by Gasteiger charge is -2.34. The number of amides is 1. The predicted octanol–water partition coefficient (Wildman–Crippen LogP) is 7.71. The predicted molar refractivity (Wildman–Crippen MR) is 161 cm³/mol. The van der Waals surface area contributed by atoms with Crippen LogP contribution in [0.2, 0.25) is 0 Å². The minimum Gasteiger partial charge on any atom is -0.493 e. The summed E-state index contributed by atoms with van der Waals surface area (Å²) in [4.78, 5) is 23.7. The number of aryl methyl sites for hydroxylation is 2. The molecule has 41 heavy (non-hydrogen) atoms. The first-order valence-electron chi connectivity index (χ1n) is 14.4. The van der Waals surface area contributed by atoms with Crippen molar-refractivity contribution in [2.75, 3.05) is 25.0 Å². The van der Waals surface area contributed by atoms with Gasteiger partial charge < -0.3 is 24.1 Å². The van der Waals surface area contributed by atoms with Crippen molar-refractivity contribution in [2.24, 2.45) is 5.92 Å². The molecule has 2 unspecified atom stereocenters. The van der Waals surface area contributed by atoms with Gasteiger partial charge in [-0.15, -0.1) is 0 Å². The van der Waals surface area contributed by atoms with Crippen molar-refractivity contribution in [2.45, 2.75) is 66.0 Å². The van der Waals surface area contributed by atoms with Crippen LogP contribution in [0.5, 0.6) is 5.75 Å². The fourth-order valence-corrected chi connectivity index (χ4v) is 5.19. The number of benzene rings is 2. The molecule has 0 bridgehead atoms. The molecular weight excluding hydrogens is 516 g/mol. The third-order valence-corrected chi connectivity index (χ3v) is 7.28. The second-order valence-corrected chi connectivity index (χ2v) is 12.0. The third-order valence-electron chi connectivity index (χ3n) is 7.28. The summed E-state index contributed by atoms with van der Waals surface area (Å²) in [6, 6.07) is 16.2. The maximum atomic E-state index is 12.5. The molecule has 0 saturated carbocycles. The van der Waals surface area contributed by atoms with Gasteiger partial charge in [0.05, 0.1) is 24.6 Å². The van der Waals surface area contributed by atoms with Crippen molar-refractivity contribution in [3.63, 3.8) is 0 Å². The van der Waals surface area contributed by atoms with Crippen molar-refractivity contribution in [1.29, 1.82) is 0 Å². The van der Waals surface area contributed by atoms with Gasteiger partial charge in [0, 0.05) is 36.0 Å². The number of furan rings is 1. The number of likely N-dealkylation sites (tertiary alicyclic amines) is 1. The smallest absolute Gasteiger partial charge is 0.410 e. The molecule has 1 aliphatic heterocycles. The van der Waals surface area contributed by atoms with E-state index < -0.39 is 5.60 Å². The number of anilines is 1. The number of hydrogen-bond donors (Lipinski definition) is 1. The number of ether oxygens (including phenoxy) is 2. The molecule has 8 nitrogen and oxygen atoms in total. The molecule has 1 saturated heterocycles. The lowest BCUT2D eigenvalue weighted by atomic mass is 9.99. The highest BCUT2D eigenvalue weighted by atomic mass is 16.6. The average Bonchev–Trinajstić information content (AvgIpc) is 3.31. The number of aromatic nitrogens is 2. The van der Waals surface area contributed by atoms with E-state index in [4.69, 9.17) is 13.9 Å². The largest absolute Gasteiger partial charge is 0.493 e. The van der Waals surface area contributed by atoms with E-state index in [0.29, 0.717) is 19.0 Å². The molecule has 2 aromatic heterocycles. The second-order valence-electron chi connectivity index (χ2n) is 12.0. The van der Waals surface area contributed by atoms with Crippen molar-refractivity contribution < 1.29 is 18.7 Å². The van der Waals surface area contributed by atoms with E-state index in [0.717, 1.165) is 64.3 Å². The van der Waals surface area contributed by atoms with Crippen LogP contribution in [0.4, 0.5) is 10.6 Å². The first-order valence-corrected chi connectivity index (χ1v) is 14.4. The van der Waals surface area contributed by atoms with Gasteiger partial charge in [-0.1, -0.05) is 12.1 Å². The van der Waals surface area contributed by atoms with Crippen LogP contribution in [0.15, 0.2) is 59.2 Å². The number of carbonyl (C=O) groups is 1. The summed E-state index contributed by atoms with van der Waals surface area (Å²) in [7, 11) is 0. The molecule has 3 heterocycles. The lowest BCUT2D eigenvalue weighted by molar-refractivity contribution is 0.0139. The van der Waals surface area contributed by atoms with Crippen molar-refractivity contribution in [3.05, 3.63) is 71.7 Å². The van der Waals surface area contributed by atoms with Crippen LogP contribution >= 0.6 is 0 Å². The number of piperidine rings is 1. The molecule has 0 spiro atoms. The summed E-state index contributed by atoms with van der Waals surface area (Å²) in [5.74, 6) is 2.54. The highest BCUT2D eigenvalue weighted by molar-refractivity contribution is 5.85. The minimum absolute atomic E-state index is 0.00311. The SMILES string of the molecule is Cc1nc(NC(C)c2cccc(OCC3CCCN(C(=O)OC(C)(C)C)C3)c2)cc(-c2ccc3occ(C)c3c2)n1. The number of nitrogens with one attached hydrogen (secondary N) is 1. The fraction of sp³-hybridized carbons (Fsp3) is 0.424. The van der Waals surface area contributed by atoms with Gasteiger partial charge in [-0.05, 0) is 95.8 Å². The highest BCUT2D eigenvalue weighted by Gasteiger charge is 2.28. The van der Waals surface area contributed by atoms with Gasteiger partial charge in [0.15, 0.2) is 0 Å². The van der Waals surface area contributed by atoms with Crippen LogP contribution in [-0.4, -0.2) is 46.3 Å². The van der Waals surface area contributed by atoms with Gasteiger partial charge in [-0.3, -0.25) is 0 Å². The van der Waals surface area contributed by atoms with Crippen LogP contribution < -0.4 is 10.1 Å². The number of rotatable bonds is 7. The Morgan fingerprint density at radius 3 is 2.78 bits per heavy atom. The van der Waals surface area contributed by atoms with E-state index >= 15 is 0 Å². The second kappa shape index (κ2) is 11.8. The van der Waals surface area contributed by atoms with E-state index in [-0.39, 0.29) is 18.1 Å². The Morgan fingerprint density at radius 1 is 1.15 bits per heavy atom. The molecule has 0 radical (unpaired) electrons. The minimum atomic E-state index is -0.495. The summed E-state index contributed by atoms with van der Waals surface area (Å²) in [5.41, 5.74) is 4.45. The van der Waals surface area contributed by atoms with E-state index in [1.807, 2.05) is 65.0 Å². The Kier molecular flexibility index (Phi) is 8.20. The molecule has 4 aromatic rings. The number of nitrogens with zero attached hydrogens (tertiary/aromatic N) is 3. The van der Waals surface area contributed by atoms with Crippen molar-refractivity contribution in [1.82, 2.24) is 14.9 Å². The Balaban J connectivity index is 1.22. The van der Waals surface area contributed by atoms with Crippen LogP contribution in [0.3, 0.4) is 0 Å². The summed E-state index contributed by atoms with van der Waals surface area (Å²) < 4.78 is 17.4. The van der Waals surface area contributed by atoms with Gasteiger partial charge in [0.1, 0.15) is 28.6 Å². The first kappa shape index (κ1) is 28.5.